The van der Waals surface area contributed by atoms with Gasteiger partial charge in [0.1, 0.15) is 0 Å². The highest BCUT2D eigenvalue weighted by Crippen LogP contribution is 2.22. The Morgan fingerprint density at radius 2 is 2.04 bits per heavy atom. The van der Waals surface area contributed by atoms with E-state index in [0.29, 0.717) is 11.3 Å². The maximum Gasteiger partial charge on any atom is 0.191 e. The lowest BCUT2D eigenvalue weighted by molar-refractivity contribution is 0.413. The minimum atomic E-state index is -0.685. The molecule has 1 saturated carbocycles. The van der Waals surface area contributed by atoms with Crippen molar-refractivity contribution in [1.82, 2.24) is 10.6 Å². The van der Waals surface area contributed by atoms with Gasteiger partial charge in [0.15, 0.2) is 5.96 Å². The van der Waals surface area contributed by atoms with E-state index in [1.807, 2.05) is 25.1 Å². The number of hydrogen-bond donors (Lipinski definition) is 2. The summed E-state index contributed by atoms with van der Waals surface area (Å²) < 4.78 is 12.0. The van der Waals surface area contributed by atoms with Gasteiger partial charge >= 0.3 is 0 Å². The average Bonchev–Trinajstić information content (AvgIpc) is 2.59. The Bertz CT molecular complexity index is 510. The zero-order valence-corrected chi connectivity index (χ0v) is 17.1. The molecule has 1 aliphatic rings. The molecule has 1 fully saturated rings. The van der Waals surface area contributed by atoms with Crippen molar-refractivity contribution >= 4 is 40.7 Å². The zero-order valence-electron chi connectivity index (χ0n) is 14.0. The van der Waals surface area contributed by atoms with Crippen LogP contribution in [0.1, 0.15) is 38.2 Å². The molecule has 0 heterocycles. The molecule has 6 heteroatoms. The molecule has 0 amide bonds. The fourth-order valence-corrected chi connectivity index (χ4v) is 4.27. The highest BCUT2D eigenvalue weighted by Gasteiger charge is 2.25. The molecule has 130 valence electrons. The first-order valence-electron chi connectivity index (χ1n) is 8.11. The lowest BCUT2D eigenvalue weighted by atomic mass is 9.95. The molecule has 0 aromatic heterocycles. The van der Waals surface area contributed by atoms with Crippen molar-refractivity contribution in [3.05, 3.63) is 35.9 Å². The summed E-state index contributed by atoms with van der Waals surface area (Å²) in [7, 11) is 1.11. The van der Waals surface area contributed by atoms with Gasteiger partial charge in [0.2, 0.25) is 0 Å². The van der Waals surface area contributed by atoms with E-state index in [-0.39, 0.29) is 24.0 Å². The highest BCUT2D eigenvalue weighted by atomic mass is 127. The van der Waals surface area contributed by atoms with Crippen molar-refractivity contribution < 1.29 is 4.21 Å². The fourth-order valence-electron chi connectivity index (χ4n) is 2.92. The van der Waals surface area contributed by atoms with Crippen molar-refractivity contribution in [2.24, 2.45) is 4.99 Å². The van der Waals surface area contributed by atoms with Crippen LogP contribution in [0.5, 0.6) is 0 Å². The van der Waals surface area contributed by atoms with E-state index in [1.165, 1.54) is 5.56 Å². The second-order valence-corrected chi connectivity index (χ2v) is 7.72. The van der Waals surface area contributed by atoms with Crippen LogP contribution in [0.15, 0.2) is 35.3 Å². The van der Waals surface area contributed by atoms with Gasteiger partial charge < -0.3 is 10.6 Å². The molecule has 1 aromatic rings. The molecule has 3 atom stereocenters. The van der Waals surface area contributed by atoms with Crippen LogP contribution in [0.3, 0.4) is 0 Å². The summed E-state index contributed by atoms with van der Waals surface area (Å²) in [5.74, 6) is 1.59. The van der Waals surface area contributed by atoms with E-state index in [4.69, 9.17) is 0 Å². The second kappa shape index (κ2) is 11.0. The molecule has 1 aliphatic carbocycles. The molecule has 0 spiro atoms. The lowest BCUT2D eigenvalue weighted by Crippen LogP contribution is -2.46. The number of guanidine groups is 1. The molecule has 0 bridgehead atoms. The van der Waals surface area contributed by atoms with E-state index in [0.717, 1.165) is 43.9 Å². The smallest absolute Gasteiger partial charge is 0.191 e. The van der Waals surface area contributed by atoms with Gasteiger partial charge in [-0.05, 0) is 24.8 Å². The Labute approximate surface area is 159 Å². The minimum Gasteiger partial charge on any atom is -0.354 e. The van der Waals surface area contributed by atoms with Gasteiger partial charge in [-0.3, -0.25) is 9.20 Å². The molecular formula is C17H28IN3OS. The minimum absolute atomic E-state index is 0. The van der Waals surface area contributed by atoms with Crippen LogP contribution in [0, 0.1) is 0 Å². The van der Waals surface area contributed by atoms with Gasteiger partial charge in [-0.2, -0.15) is 0 Å². The molecule has 3 unspecified atom stereocenters. The van der Waals surface area contributed by atoms with Gasteiger partial charge in [-0.1, -0.05) is 43.7 Å². The third kappa shape index (κ3) is 6.79. The van der Waals surface area contributed by atoms with Crippen LogP contribution >= 0.6 is 24.0 Å². The fraction of sp³-hybridized carbons (Fsp3) is 0.588. The van der Waals surface area contributed by atoms with Crippen molar-refractivity contribution in [2.75, 3.05) is 12.8 Å². The van der Waals surface area contributed by atoms with Crippen LogP contribution in [0.4, 0.5) is 0 Å². The molecular weight excluding hydrogens is 421 g/mol. The Balaban J connectivity index is 0.00000264. The topological polar surface area (TPSA) is 53.5 Å². The van der Waals surface area contributed by atoms with Gasteiger partial charge in [-0.15, -0.1) is 24.0 Å². The molecule has 2 N–H and O–H groups in total. The summed E-state index contributed by atoms with van der Waals surface area (Å²) >= 11 is 0. The Kier molecular flexibility index (Phi) is 9.78. The van der Waals surface area contributed by atoms with E-state index >= 15 is 0 Å². The quantitative estimate of drug-likeness (QED) is 0.413. The average molecular weight is 449 g/mol. The number of rotatable bonds is 5. The predicted octanol–water partition coefficient (Wildman–Crippen LogP) is 3.05. The Morgan fingerprint density at radius 3 is 2.70 bits per heavy atom. The summed E-state index contributed by atoms with van der Waals surface area (Å²) in [5.41, 5.74) is 1.24. The molecule has 1 aromatic carbocycles. The Hall–Kier alpha value is -0.630. The van der Waals surface area contributed by atoms with E-state index < -0.39 is 10.8 Å². The third-order valence-electron chi connectivity index (χ3n) is 4.15. The summed E-state index contributed by atoms with van der Waals surface area (Å²) in [6, 6.07) is 10.7. The van der Waals surface area contributed by atoms with Gasteiger partial charge in [0.05, 0.1) is 0 Å². The van der Waals surface area contributed by atoms with Crippen molar-refractivity contribution in [2.45, 2.75) is 50.4 Å². The van der Waals surface area contributed by atoms with Gasteiger partial charge in [-0.25, -0.2) is 0 Å². The predicted molar refractivity (Wildman–Crippen MR) is 110 cm³/mol. The second-order valence-electron chi connectivity index (χ2n) is 5.71. The number of aliphatic imine (C=N–C) groups is 1. The third-order valence-corrected chi connectivity index (χ3v) is 5.89. The first-order chi connectivity index (χ1) is 10.7. The number of benzene rings is 1. The number of nitrogens with one attached hydrogen (secondary N) is 2. The number of halogens is 1. The SMILES string of the molecule is CCS(=O)C1CCCC(NC(=NC)NCc2ccccc2)C1.I. The highest BCUT2D eigenvalue weighted by molar-refractivity contribution is 14.0. The maximum atomic E-state index is 12.0. The molecule has 2 rings (SSSR count). The summed E-state index contributed by atoms with van der Waals surface area (Å²) in [5, 5.41) is 7.18. The van der Waals surface area contributed by atoms with E-state index in [1.54, 1.807) is 7.05 Å². The normalized spacial score (nSPS) is 22.8. The molecule has 0 saturated heterocycles. The van der Waals surface area contributed by atoms with Crippen molar-refractivity contribution in [1.29, 1.82) is 0 Å². The standard InChI is InChI=1S/C17H27N3OS.HI/c1-3-22(21)16-11-7-10-15(12-16)20-17(18-2)19-13-14-8-5-4-6-9-14;/h4-6,8-9,15-16H,3,7,10-13H2,1-2H3,(H2,18,19,20);1H. The van der Waals surface area contributed by atoms with Crippen LogP contribution < -0.4 is 10.6 Å². The van der Waals surface area contributed by atoms with Crippen LogP contribution in [0.25, 0.3) is 0 Å². The number of nitrogens with zero attached hydrogens (tertiary/aromatic N) is 1. The molecule has 4 nitrogen and oxygen atoms in total. The maximum absolute atomic E-state index is 12.0. The van der Waals surface area contributed by atoms with Gasteiger partial charge in [0, 0.05) is 41.4 Å². The van der Waals surface area contributed by atoms with E-state index in [2.05, 4.69) is 27.8 Å². The monoisotopic (exact) mass is 449 g/mol. The van der Waals surface area contributed by atoms with Crippen LogP contribution in [-0.2, 0) is 17.3 Å². The summed E-state index contributed by atoms with van der Waals surface area (Å²) in [6.07, 6.45) is 4.34. The zero-order chi connectivity index (χ0) is 15.8. The lowest BCUT2D eigenvalue weighted by Gasteiger charge is -2.30. The number of hydrogen-bond acceptors (Lipinski definition) is 2. The first-order valence-corrected chi connectivity index (χ1v) is 9.49. The van der Waals surface area contributed by atoms with Crippen molar-refractivity contribution in [3.8, 4) is 0 Å². The molecule has 0 aliphatic heterocycles. The van der Waals surface area contributed by atoms with Gasteiger partial charge in [0.25, 0.3) is 0 Å². The summed E-state index contributed by atoms with van der Waals surface area (Å²) in [6.45, 7) is 2.77. The van der Waals surface area contributed by atoms with E-state index in [9.17, 15) is 4.21 Å². The van der Waals surface area contributed by atoms with Crippen LogP contribution in [-0.4, -0.2) is 34.3 Å². The van der Waals surface area contributed by atoms with Crippen molar-refractivity contribution in [3.63, 3.8) is 0 Å². The molecule has 0 radical (unpaired) electrons. The first kappa shape index (κ1) is 20.4. The summed E-state index contributed by atoms with van der Waals surface area (Å²) in [4.78, 5) is 4.31. The van der Waals surface area contributed by atoms with Crippen LogP contribution in [0.2, 0.25) is 0 Å². The molecule has 23 heavy (non-hydrogen) atoms. The Morgan fingerprint density at radius 1 is 1.30 bits per heavy atom. The largest absolute Gasteiger partial charge is 0.354 e.